The van der Waals surface area contributed by atoms with Gasteiger partial charge >= 0.3 is 0 Å². The molecular weight excluding hydrogens is 214 g/mol. The van der Waals surface area contributed by atoms with Crippen LogP contribution in [0.3, 0.4) is 0 Å². The Morgan fingerprint density at radius 2 is 2.12 bits per heavy atom. The minimum Gasteiger partial charge on any atom is -0.340 e. The van der Waals surface area contributed by atoms with Gasteiger partial charge in [-0.15, -0.1) is 0 Å². The highest BCUT2D eigenvalue weighted by atomic mass is 19.1. The molecule has 1 rings (SSSR count). The van der Waals surface area contributed by atoms with Gasteiger partial charge in [-0.25, -0.2) is 8.78 Å². The highest BCUT2D eigenvalue weighted by molar-refractivity contribution is 5.94. The highest BCUT2D eigenvalue weighted by Gasteiger charge is 2.16. The monoisotopic (exact) mass is 228 g/mol. The summed E-state index contributed by atoms with van der Waals surface area (Å²) in [7, 11) is 3.30. The average Bonchev–Trinajstić information content (AvgIpc) is 2.28. The Bertz CT molecular complexity index is 382. The maximum atomic E-state index is 13.3. The Balaban J connectivity index is 2.83. The third-order valence-electron chi connectivity index (χ3n) is 2.20. The smallest absolute Gasteiger partial charge is 0.256 e. The lowest BCUT2D eigenvalue weighted by Crippen LogP contribution is -2.33. The van der Waals surface area contributed by atoms with E-state index >= 15 is 0 Å². The second-order valence-electron chi connectivity index (χ2n) is 3.45. The van der Waals surface area contributed by atoms with Crippen molar-refractivity contribution in [2.75, 3.05) is 27.2 Å². The van der Waals surface area contributed by atoms with Crippen LogP contribution in [-0.4, -0.2) is 38.0 Å². The molecule has 1 aromatic rings. The molecule has 0 aliphatic rings. The number of carbonyl (C=O) groups is 1. The van der Waals surface area contributed by atoms with Crippen LogP contribution in [0.1, 0.15) is 10.4 Å². The fourth-order valence-electron chi connectivity index (χ4n) is 1.25. The van der Waals surface area contributed by atoms with E-state index in [1.807, 2.05) is 0 Å². The van der Waals surface area contributed by atoms with E-state index in [-0.39, 0.29) is 5.56 Å². The van der Waals surface area contributed by atoms with Crippen molar-refractivity contribution in [2.24, 2.45) is 0 Å². The SMILES string of the molecule is CNCCN(C)C(=O)c1cc(F)ccc1F. The molecule has 16 heavy (non-hydrogen) atoms. The van der Waals surface area contributed by atoms with Gasteiger partial charge in [-0.1, -0.05) is 0 Å². The summed E-state index contributed by atoms with van der Waals surface area (Å²) in [6.07, 6.45) is 0. The molecule has 88 valence electrons. The van der Waals surface area contributed by atoms with Gasteiger partial charge in [0, 0.05) is 20.1 Å². The number of rotatable bonds is 4. The van der Waals surface area contributed by atoms with Crippen molar-refractivity contribution >= 4 is 5.91 Å². The summed E-state index contributed by atoms with van der Waals surface area (Å²) in [5.74, 6) is -1.85. The fraction of sp³-hybridized carbons (Fsp3) is 0.364. The number of hydrogen-bond donors (Lipinski definition) is 1. The van der Waals surface area contributed by atoms with E-state index in [2.05, 4.69) is 5.32 Å². The van der Waals surface area contributed by atoms with Crippen LogP contribution >= 0.6 is 0 Å². The van der Waals surface area contributed by atoms with E-state index in [1.54, 1.807) is 14.1 Å². The second-order valence-corrected chi connectivity index (χ2v) is 3.45. The Morgan fingerprint density at radius 3 is 2.75 bits per heavy atom. The molecular formula is C11H14F2N2O. The maximum absolute atomic E-state index is 13.3. The van der Waals surface area contributed by atoms with Gasteiger partial charge in [0.15, 0.2) is 0 Å². The maximum Gasteiger partial charge on any atom is 0.256 e. The lowest BCUT2D eigenvalue weighted by Gasteiger charge is -2.17. The second kappa shape index (κ2) is 5.55. The van der Waals surface area contributed by atoms with Crippen molar-refractivity contribution in [1.29, 1.82) is 0 Å². The number of amides is 1. The average molecular weight is 228 g/mol. The topological polar surface area (TPSA) is 32.3 Å². The third kappa shape index (κ3) is 3.00. The van der Waals surface area contributed by atoms with E-state index in [0.29, 0.717) is 13.1 Å². The summed E-state index contributed by atoms with van der Waals surface area (Å²) in [6, 6.07) is 2.85. The van der Waals surface area contributed by atoms with Crippen LogP contribution in [0.25, 0.3) is 0 Å². The molecule has 1 aromatic carbocycles. The quantitative estimate of drug-likeness (QED) is 0.841. The van der Waals surface area contributed by atoms with Gasteiger partial charge in [-0.3, -0.25) is 4.79 Å². The molecule has 3 nitrogen and oxygen atoms in total. The molecule has 1 N–H and O–H groups in total. The number of carbonyl (C=O) groups excluding carboxylic acids is 1. The molecule has 0 atom stereocenters. The lowest BCUT2D eigenvalue weighted by atomic mass is 10.2. The Kier molecular flexibility index (Phi) is 4.37. The van der Waals surface area contributed by atoms with Gasteiger partial charge in [-0.05, 0) is 25.2 Å². The predicted molar refractivity (Wildman–Crippen MR) is 57.2 cm³/mol. The minimum absolute atomic E-state index is 0.237. The van der Waals surface area contributed by atoms with Crippen molar-refractivity contribution in [3.8, 4) is 0 Å². The van der Waals surface area contributed by atoms with Gasteiger partial charge in [0.1, 0.15) is 11.6 Å². The largest absolute Gasteiger partial charge is 0.340 e. The van der Waals surface area contributed by atoms with E-state index in [4.69, 9.17) is 0 Å². The van der Waals surface area contributed by atoms with E-state index in [1.165, 1.54) is 4.90 Å². The molecule has 0 spiro atoms. The van der Waals surface area contributed by atoms with Crippen LogP contribution in [-0.2, 0) is 0 Å². The van der Waals surface area contributed by atoms with Gasteiger partial charge in [-0.2, -0.15) is 0 Å². The van der Waals surface area contributed by atoms with Gasteiger partial charge in [0.25, 0.3) is 5.91 Å². The van der Waals surface area contributed by atoms with Crippen LogP contribution in [0.4, 0.5) is 8.78 Å². The molecule has 1 amide bonds. The summed E-state index contributed by atoms with van der Waals surface area (Å²) in [5, 5.41) is 2.87. The zero-order valence-electron chi connectivity index (χ0n) is 9.26. The molecule has 0 unspecified atom stereocenters. The minimum atomic E-state index is -0.706. The van der Waals surface area contributed by atoms with E-state index < -0.39 is 17.5 Å². The van der Waals surface area contributed by atoms with Crippen LogP contribution in [0.2, 0.25) is 0 Å². The molecule has 0 fully saturated rings. The molecule has 0 bridgehead atoms. The molecule has 0 saturated carbocycles. The molecule has 0 aliphatic carbocycles. The molecule has 5 heteroatoms. The lowest BCUT2D eigenvalue weighted by molar-refractivity contribution is 0.0791. The number of hydrogen-bond acceptors (Lipinski definition) is 2. The van der Waals surface area contributed by atoms with Gasteiger partial charge in [0.05, 0.1) is 5.56 Å². The van der Waals surface area contributed by atoms with Crippen molar-refractivity contribution < 1.29 is 13.6 Å². The van der Waals surface area contributed by atoms with E-state index in [0.717, 1.165) is 18.2 Å². The van der Waals surface area contributed by atoms with Crippen LogP contribution in [0.15, 0.2) is 18.2 Å². The predicted octanol–water partition coefficient (Wildman–Crippen LogP) is 1.26. The van der Waals surface area contributed by atoms with Crippen molar-refractivity contribution in [3.63, 3.8) is 0 Å². The first kappa shape index (κ1) is 12.6. The van der Waals surface area contributed by atoms with Crippen LogP contribution in [0.5, 0.6) is 0 Å². The first-order valence-corrected chi connectivity index (χ1v) is 4.91. The fourth-order valence-corrected chi connectivity index (χ4v) is 1.25. The number of nitrogens with zero attached hydrogens (tertiary/aromatic N) is 1. The normalized spacial score (nSPS) is 10.2. The van der Waals surface area contributed by atoms with Crippen LogP contribution in [0, 0.1) is 11.6 Å². The van der Waals surface area contributed by atoms with Gasteiger partial charge in [0.2, 0.25) is 0 Å². The number of nitrogens with one attached hydrogen (secondary N) is 1. The highest BCUT2D eigenvalue weighted by Crippen LogP contribution is 2.11. The Morgan fingerprint density at radius 1 is 1.44 bits per heavy atom. The molecule has 0 heterocycles. The standard InChI is InChI=1S/C11H14F2N2O/c1-14-5-6-15(2)11(16)9-7-8(12)3-4-10(9)13/h3-4,7,14H,5-6H2,1-2H3. The zero-order valence-corrected chi connectivity index (χ0v) is 9.26. The molecule has 0 radical (unpaired) electrons. The van der Waals surface area contributed by atoms with Crippen molar-refractivity contribution in [1.82, 2.24) is 10.2 Å². The summed E-state index contributed by atoms with van der Waals surface area (Å²) < 4.78 is 26.1. The summed E-state index contributed by atoms with van der Waals surface area (Å²) in [5.41, 5.74) is -0.237. The Labute approximate surface area is 93.1 Å². The summed E-state index contributed by atoms with van der Waals surface area (Å²) in [4.78, 5) is 13.1. The third-order valence-corrected chi connectivity index (χ3v) is 2.20. The molecule has 0 aliphatic heterocycles. The number of halogens is 2. The number of benzene rings is 1. The number of likely N-dealkylation sites (N-methyl/N-ethyl adjacent to an activating group) is 2. The van der Waals surface area contributed by atoms with Gasteiger partial charge < -0.3 is 10.2 Å². The van der Waals surface area contributed by atoms with Crippen molar-refractivity contribution in [3.05, 3.63) is 35.4 Å². The zero-order chi connectivity index (χ0) is 12.1. The van der Waals surface area contributed by atoms with E-state index in [9.17, 15) is 13.6 Å². The molecule has 0 aromatic heterocycles. The van der Waals surface area contributed by atoms with Crippen LogP contribution < -0.4 is 5.32 Å². The molecule has 0 saturated heterocycles. The first-order chi connectivity index (χ1) is 7.56. The summed E-state index contributed by atoms with van der Waals surface area (Å²) in [6.45, 7) is 1.03. The Hall–Kier alpha value is -1.49. The summed E-state index contributed by atoms with van der Waals surface area (Å²) >= 11 is 0. The first-order valence-electron chi connectivity index (χ1n) is 4.91. The van der Waals surface area contributed by atoms with Crippen molar-refractivity contribution in [2.45, 2.75) is 0 Å².